The molecule has 1 aromatic carbocycles. The number of aromatic amines is 1. The van der Waals surface area contributed by atoms with Crippen molar-refractivity contribution >= 4 is 16.6 Å². The normalized spacial score (nSPS) is 11.5. The summed E-state index contributed by atoms with van der Waals surface area (Å²) >= 11 is 0. The molecule has 4 nitrogen and oxygen atoms in total. The highest BCUT2D eigenvalue weighted by Gasteiger charge is 2.11. The zero-order valence-electron chi connectivity index (χ0n) is 12.2. The molecule has 1 heterocycles. The smallest absolute Gasteiger partial charge is 0.0506 e. The molecule has 0 spiro atoms. The van der Waals surface area contributed by atoms with Crippen LogP contribution in [0.1, 0.15) is 25.0 Å². The van der Waals surface area contributed by atoms with Crippen molar-refractivity contribution in [1.29, 1.82) is 0 Å². The van der Waals surface area contributed by atoms with Crippen LogP contribution >= 0.6 is 0 Å². The van der Waals surface area contributed by atoms with Gasteiger partial charge in [-0.1, -0.05) is 0 Å². The zero-order valence-corrected chi connectivity index (χ0v) is 12.2. The van der Waals surface area contributed by atoms with Crippen LogP contribution in [0.15, 0.2) is 18.3 Å². The molecule has 0 radical (unpaired) electrons. The van der Waals surface area contributed by atoms with Crippen LogP contribution in [0.25, 0.3) is 10.9 Å². The Morgan fingerprint density at radius 3 is 2.47 bits per heavy atom. The van der Waals surface area contributed by atoms with Crippen LogP contribution in [0.3, 0.4) is 0 Å². The Kier molecular flexibility index (Phi) is 4.12. The van der Waals surface area contributed by atoms with E-state index in [9.17, 15) is 5.21 Å². The Labute approximate surface area is 114 Å². The molecule has 0 aliphatic rings. The maximum absolute atomic E-state index is 9.43. The fourth-order valence-electron chi connectivity index (χ4n) is 2.60. The van der Waals surface area contributed by atoms with Crippen LogP contribution in [-0.2, 0) is 6.54 Å². The minimum Gasteiger partial charge on any atom is -0.372 e. The van der Waals surface area contributed by atoms with Crippen LogP contribution < -0.4 is 4.90 Å². The summed E-state index contributed by atoms with van der Waals surface area (Å²) in [5.74, 6) is 0. The lowest BCUT2D eigenvalue weighted by Crippen LogP contribution is -2.21. The molecule has 0 saturated heterocycles. The van der Waals surface area contributed by atoms with Gasteiger partial charge in [0, 0.05) is 42.9 Å². The van der Waals surface area contributed by atoms with E-state index in [0.29, 0.717) is 6.54 Å². The molecule has 0 atom stereocenters. The largest absolute Gasteiger partial charge is 0.372 e. The Morgan fingerprint density at radius 2 is 1.89 bits per heavy atom. The van der Waals surface area contributed by atoms with Crippen LogP contribution in [0.4, 0.5) is 5.69 Å². The summed E-state index contributed by atoms with van der Waals surface area (Å²) in [4.78, 5) is 5.65. The SMILES string of the molecule is CCN(CC)c1cc(C)c2[nH]cc(CN(C)O)c2c1. The van der Waals surface area contributed by atoms with E-state index in [2.05, 4.69) is 42.8 Å². The third-order valence-corrected chi connectivity index (χ3v) is 3.58. The highest BCUT2D eigenvalue weighted by Crippen LogP contribution is 2.28. The fourth-order valence-corrected chi connectivity index (χ4v) is 2.60. The van der Waals surface area contributed by atoms with E-state index in [1.54, 1.807) is 7.05 Å². The molecule has 1 aromatic heterocycles. The lowest BCUT2D eigenvalue weighted by atomic mass is 10.1. The van der Waals surface area contributed by atoms with E-state index in [-0.39, 0.29) is 0 Å². The van der Waals surface area contributed by atoms with Gasteiger partial charge in [-0.3, -0.25) is 0 Å². The number of nitrogens with one attached hydrogen (secondary N) is 1. The molecule has 0 unspecified atom stereocenters. The third-order valence-electron chi connectivity index (χ3n) is 3.58. The molecule has 0 amide bonds. The second kappa shape index (κ2) is 5.63. The molecule has 0 fully saturated rings. The van der Waals surface area contributed by atoms with E-state index in [1.807, 2.05) is 6.20 Å². The summed E-state index contributed by atoms with van der Waals surface area (Å²) < 4.78 is 0. The number of hydrogen-bond donors (Lipinski definition) is 2. The van der Waals surface area contributed by atoms with E-state index < -0.39 is 0 Å². The summed E-state index contributed by atoms with van der Waals surface area (Å²) in [5, 5.41) is 11.8. The van der Waals surface area contributed by atoms with Crippen molar-refractivity contribution in [1.82, 2.24) is 10.0 Å². The monoisotopic (exact) mass is 261 g/mol. The van der Waals surface area contributed by atoms with E-state index in [4.69, 9.17) is 0 Å². The Hall–Kier alpha value is -1.52. The average molecular weight is 261 g/mol. The van der Waals surface area contributed by atoms with E-state index in [0.717, 1.165) is 24.2 Å². The van der Waals surface area contributed by atoms with Gasteiger partial charge in [0.15, 0.2) is 0 Å². The average Bonchev–Trinajstić information content (AvgIpc) is 2.74. The number of rotatable bonds is 5. The van der Waals surface area contributed by atoms with Gasteiger partial charge < -0.3 is 15.1 Å². The van der Waals surface area contributed by atoms with Gasteiger partial charge >= 0.3 is 0 Å². The Balaban J connectivity index is 2.52. The lowest BCUT2D eigenvalue weighted by Gasteiger charge is -2.22. The first-order valence-corrected chi connectivity index (χ1v) is 6.82. The number of anilines is 1. The number of aryl methyl sites for hydroxylation is 1. The molecule has 2 rings (SSSR count). The number of nitrogens with zero attached hydrogens (tertiary/aromatic N) is 2. The molecule has 0 aliphatic heterocycles. The van der Waals surface area contributed by atoms with Crippen molar-refractivity contribution in [2.45, 2.75) is 27.3 Å². The predicted octanol–water partition coefficient (Wildman–Crippen LogP) is 3.14. The maximum Gasteiger partial charge on any atom is 0.0506 e. The van der Waals surface area contributed by atoms with E-state index >= 15 is 0 Å². The minimum absolute atomic E-state index is 0.529. The topological polar surface area (TPSA) is 42.5 Å². The Morgan fingerprint density at radius 1 is 1.21 bits per heavy atom. The van der Waals surface area contributed by atoms with Gasteiger partial charge in [0.2, 0.25) is 0 Å². The molecule has 0 bridgehead atoms. The number of hydroxylamine groups is 2. The zero-order chi connectivity index (χ0) is 14.0. The molecular weight excluding hydrogens is 238 g/mol. The number of fused-ring (bicyclic) bond motifs is 1. The van der Waals surface area contributed by atoms with Crippen LogP contribution in [-0.4, -0.2) is 35.4 Å². The first-order chi connectivity index (χ1) is 9.06. The molecule has 2 aromatic rings. The minimum atomic E-state index is 0.529. The quantitative estimate of drug-likeness (QED) is 0.813. The van der Waals surface area contributed by atoms with Gasteiger partial charge in [0.25, 0.3) is 0 Å². The second-order valence-corrected chi connectivity index (χ2v) is 4.99. The van der Waals surface area contributed by atoms with Gasteiger partial charge in [0.05, 0.1) is 6.54 Å². The van der Waals surface area contributed by atoms with Gasteiger partial charge in [-0.05, 0) is 44.0 Å². The van der Waals surface area contributed by atoms with Crippen molar-refractivity contribution in [3.8, 4) is 0 Å². The van der Waals surface area contributed by atoms with Crippen molar-refractivity contribution in [3.05, 3.63) is 29.5 Å². The highest BCUT2D eigenvalue weighted by molar-refractivity contribution is 5.89. The summed E-state index contributed by atoms with van der Waals surface area (Å²) in [5.41, 5.74) is 4.77. The fraction of sp³-hybridized carbons (Fsp3) is 0.467. The van der Waals surface area contributed by atoms with Crippen molar-refractivity contribution in [3.63, 3.8) is 0 Å². The van der Waals surface area contributed by atoms with Crippen LogP contribution in [0.5, 0.6) is 0 Å². The number of hydrogen-bond acceptors (Lipinski definition) is 3. The number of benzene rings is 1. The van der Waals surface area contributed by atoms with Gasteiger partial charge in [-0.2, -0.15) is 5.06 Å². The first-order valence-electron chi connectivity index (χ1n) is 6.82. The van der Waals surface area contributed by atoms with Crippen molar-refractivity contribution in [2.75, 3.05) is 25.0 Å². The van der Waals surface area contributed by atoms with E-state index in [1.165, 1.54) is 21.7 Å². The van der Waals surface area contributed by atoms with Crippen molar-refractivity contribution in [2.24, 2.45) is 0 Å². The van der Waals surface area contributed by atoms with Crippen LogP contribution in [0.2, 0.25) is 0 Å². The summed E-state index contributed by atoms with van der Waals surface area (Å²) in [6.07, 6.45) is 1.98. The second-order valence-electron chi connectivity index (χ2n) is 4.99. The summed E-state index contributed by atoms with van der Waals surface area (Å²) in [6.45, 7) is 8.99. The molecule has 4 heteroatoms. The lowest BCUT2D eigenvalue weighted by molar-refractivity contribution is -0.0728. The van der Waals surface area contributed by atoms with Gasteiger partial charge in [-0.15, -0.1) is 0 Å². The molecular formula is C15H23N3O. The van der Waals surface area contributed by atoms with Gasteiger partial charge in [-0.25, -0.2) is 0 Å². The molecule has 0 aliphatic carbocycles. The van der Waals surface area contributed by atoms with Crippen molar-refractivity contribution < 1.29 is 5.21 Å². The molecule has 19 heavy (non-hydrogen) atoms. The van der Waals surface area contributed by atoms with Crippen LogP contribution in [0, 0.1) is 6.92 Å². The number of H-pyrrole nitrogens is 1. The number of aromatic nitrogens is 1. The summed E-state index contributed by atoms with van der Waals surface area (Å²) in [7, 11) is 1.67. The summed E-state index contributed by atoms with van der Waals surface area (Å²) in [6, 6.07) is 4.43. The van der Waals surface area contributed by atoms with Gasteiger partial charge in [0.1, 0.15) is 0 Å². The third kappa shape index (κ3) is 2.74. The Bertz CT molecular complexity index is 556. The standard InChI is InChI=1S/C15H23N3O/c1-5-18(6-2)13-7-11(3)15-14(8-13)12(9-16-15)10-17(4)19/h7-9,16,19H,5-6,10H2,1-4H3. The maximum atomic E-state index is 9.43. The first kappa shape index (κ1) is 13.9. The molecule has 104 valence electrons. The molecule has 2 N–H and O–H groups in total. The highest BCUT2D eigenvalue weighted by atomic mass is 16.5. The predicted molar refractivity (Wildman–Crippen MR) is 79.9 cm³/mol. The molecule has 0 saturated carbocycles.